The van der Waals surface area contributed by atoms with Crippen molar-refractivity contribution in [3.8, 4) is 0 Å². The van der Waals surface area contributed by atoms with Gasteiger partial charge < -0.3 is 14.2 Å². The molecule has 0 fully saturated rings. The fraction of sp³-hybridized carbons (Fsp3) is 0.529. The quantitative estimate of drug-likeness (QED) is 0.445. The van der Waals surface area contributed by atoms with Crippen molar-refractivity contribution in [2.24, 2.45) is 0 Å². The summed E-state index contributed by atoms with van der Waals surface area (Å²) >= 11 is 0. The molecule has 140 valence electrons. The Labute approximate surface area is 144 Å². The molecule has 0 aliphatic heterocycles. The predicted octanol–water partition coefficient (Wildman–Crippen LogP) is 3.53. The summed E-state index contributed by atoms with van der Waals surface area (Å²) in [6.45, 7) is 0.847. The second kappa shape index (κ2) is 11.5. The molecule has 0 heterocycles. The first-order valence-electron chi connectivity index (χ1n) is 7.95. The average Bonchev–Trinajstić information content (AvgIpc) is 2.59. The molecule has 5 nitrogen and oxygen atoms in total. The van der Waals surface area contributed by atoms with Gasteiger partial charge in [0.25, 0.3) is 0 Å². The van der Waals surface area contributed by atoms with Gasteiger partial charge in [0.1, 0.15) is 0 Å². The van der Waals surface area contributed by atoms with Crippen LogP contribution >= 0.6 is 0 Å². The van der Waals surface area contributed by atoms with Crippen LogP contribution in [0, 0.1) is 0 Å². The SMILES string of the molecule is O=C(OCCCCOCCCCOC(=O)C(F)(F)F)c1ccccc1. The Bertz CT molecular complexity index is 517. The molecule has 0 aromatic heterocycles. The molecule has 0 amide bonds. The van der Waals surface area contributed by atoms with E-state index in [9.17, 15) is 22.8 Å². The highest BCUT2D eigenvalue weighted by Crippen LogP contribution is 2.16. The second-order valence-corrected chi connectivity index (χ2v) is 5.16. The fourth-order valence-electron chi connectivity index (χ4n) is 1.78. The number of alkyl halides is 3. The first-order valence-corrected chi connectivity index (χ1v) is 7.95. The lowest BCUT2D eigenvalue weighted by atomic mass is 10.2. The van der Waals surface area contributed by atoms with E-state index in [-0.39, 0.29) is 12.6 Å². The maximum absolute atomic E-state index is 11.8. The van der Waals surface area contributed by atoms with Gasteiger partial charge in [0.15, 0.2) is 0 Å². The number of benzene rings is 1. The standard InChI is InChI=1S/C17H21F3O5/c18-17(19,20)16(22)25-13-7-5-11-23-10-4-6-12-24-15(21)14-8-2-1-3-9-14/h1-3,8-9H,4-7,10-13H2. The summed E-state index contributed by atoms with van der Waals surface area (Å²) in [5, 5.41) is 0. The fourth-order valence-corrected chi connectivity index (χ4v) is 1.78. The van der Waals surface area contributed by atoms with Crippen LogP contribution in [0.5, 0.6) is 0 Å². The van der Waals surface area contributed by atoms with Crippen LogP contribution in [0.1, 0.15) is 36.0 Å². The van der Waals surface area contributed by atoms with Crippen molar-refractivity contribution in [3.05, 3.63) is 35.9 Å². The van der Waals surface area contributed by atoms with Crippen LogP contribution in [0.25, 0.3) is 0 Å². The monoisotopic (exact) mass is 362 g/mol. The zero-order chi connectivity index (χ0) is 18.5. The summed E-state index contributed by atoms with van der Waals surface area (Å²) in [7, 11) is 0. The van der Waals surface area contributed by atoms with Gasteiger partial charge in [0.05, 0.1) is 18.8 Å². The Morgan fingerprint density at radius 2 is 1.32 bits per heavy atom. The highest BCUT2D eigenvalue weighted by atomic mass is 19.4. The van der Waals surface area contributed by atoms with Crippen LogP contribution < -0.4 is 0 Å². The molecule has 0 unspecified atom stereocenters. The minimum atomic E-state index is -4.94. The number of halogens is 3. The van der Waals surface area contributed by atoms with Crippen molar-refractivity contribution in [3.63, 3.8) is 0 Å². The van der Waals surface area contributed by atoms with E-state index < -0.39 is 12.1 Å². The molecule has 0 N–H and O–H groups in total. The number of unbranched alkanes of at least 4 members (excludes halogenated alkanes) is 2. The van der Waals surface area contributed by atoms with Crippen molar-refractivity contribution in [2.45, 2.75) is 31.9 Å². The number of carbonyl (C=O) groups is 2. The highest BCUT2D eigenvalue weighted by molar-refractivity contribution is 5.89. The van der Waals surface area contributed by atoms with E-state index in [1.165, 1.54) is 0 Å². The van der Waals surface area contributed by atoms with Gasteiger partial charge in [-0.05, 0) is 37.8 Å². The first kappa shape index (κ1) is 21.0. The van der Waals surface area contributed by atoms with Crippen molar-refractivity contribution in [2.75, 3.05) is 26.4 Å². The van der Waals surface area contributed by atoms with E-state index in [1.807, 2.05) is 6.07 Å². The molecule has 1 rings (SSSR count). The van der Waals surface area contributed by atoms with Crippen LogP contribution in [0.15, 0.2) is 30.3 Å². The van der Waals surface area contributed by atoms with E-state index in [2.05, 4.69) is 4.74 Å². The third-order valence-corrected chi connectivity index (χ3v) is 3.07. The minimum absolute atomic E-state index is 0.281. The summed E-state index contributed by atoms with van der Waals surface area (Å²) in [6.07, 6.45) is -2.79. The summed E-state index contributed by atoms with van der Waals surface area (Å²) < 4.78 is 50.0. The molecular formula is C17H21F3O5. The largest absolute Gasteiger partial charge is 0.490 e. The number of carbonyl (C=O) groups excluding carboxylic acids is 2. The smallest absolute Gasteiger partial charge is 0.462 e. The van der Waals surface area contributed by atoms with Gasteiger partial charge in [0.2, 0.25) is 0 Å². The number of hydrogen-bond donors (Lipinski definition) is 0. The maximum atomic E-state index is 11.8. The van der Waals surface area contributed by atoms with Gasteiger partial charge in [-0.3, -0.25) is 0 Å². The normalized spacial score (nSPS) is 11.2. The van der Waals surface area contributed by atoms with E-state index in [0.717, 1.165) is 0 Å². The molecule has 1 aromatic rings. The summed E-state index contributed by atoms with van der Waals surface area (Å²) in [5.74, 6) is -2.53. The maximum Gasteiger partial charge on any atom is 0.490 e. The van der Waals surface area contributed by atoms with Crippen molar-refractivity contribution < 1.29 is 37.0 Å². The Morgan fingerprint density at radius 1 is 0.800 bits per heavy atom. The minimum Gasteiger partial charge on any atom is -0.462 e. The van der Waals surface area contributed by atoms with Gasteiger partial charge in [-0.15, -0.1) is 0 Å². The molecule has 1 aromatic carbocycles. The van der Waals surface area contributed by atoms with Gasteiger partial charge in [-0.2, -0.15) is 13.2 Å². The topological polar surface area (TPSA) is 61.8 Å². The summed E-state index contributed by atoms with van der Waals surface area (Å²) in [6, 6.07) is 8.69. The Balaban J connectivity index is 1.89. The molecule has 8 heteroatoms. The zero-order valence-corrected chi connectivity index (χ0v) is 13.7. The zero-order valence-electron chi connectivity index (χ0n) is 13.7. The number of rotatable bonds is 11. The third-order valence-electron chi connectivity index (χ3n) is 3.07. The predicted molar refractivity (Wildman–Crippen MR) is 83.0 cm³/mol. The molecule has 0 radical (unpaired) electrons. The highest BCUT2D eigenvalue weighted by Gasteiger charge is 2.40. The summed E-state index contributed by atoms with van der Waals surface area (Å²) in [5.41, 5.74) is 0.505. The summed E-state index contributed by atoms with van der Waals surface area (Å²) in [4.78, 5) is 22.1. The second-order valence-electron chi connectivity index (χ2n) is 5.16. The number of esters is 2. The van der Waals surface area contributed by atoms with Crippen molar-refractivity contribution in [1.29, 1.82) is 0 Å². The van der Waals surface area contributed by atoms with Crippen LogP contribution in [-0.4, -0.2) is 44.5 Å². The lowest BCUT2D eigenvalue weighted by Crippen LogP contribution is -2.25. The van der Waals surface area contributed by atoms with E-state index in [0.29, 0.717) is 51.1 Å². The number of ether oxygens (including phenoxy) is 3. The lowest BCUT2D eigenvalue weighted by molar-refractivity contribution is -0.199. The van der Waals surface area contributed by atoms with Crippen LogP contribution in [-0.2, 0) is 19.0 Å². The van der Waals surface area contributed by atoms with E-state index >= 15 is 0 Å². The van der Waals surface area contributed by atoms with Crippen molar-refractivity contribution in [1.82, 2.24) is 0 Å². The van der Waals surface area contributed by atoms with Crippen LogP contribution in [0.3, 0.4) is 0 Å². The molecule has 0 saturated heterocycles. The molecular weight excluding hydrogens is 341 g/mol. The third kappa shape index (κ3) is 9.71. The van der Waals surface area contributed by atoms with Gasteiger partial charge in [-0.1, -0.05) is 18.2 Å². The number of hydrogen-bond acceptors (Lipinski definition) is 5. The van der Waals surface area contributed by atoms with Gasteiger partial charge in [-0.25, -0.2) is 9.59 Å². The Morgan fingerprint density at radius 3 is 1.88 bits per heavy atom. The molecule has 0 bridgehead atoms. The van der Waals surface area contributed by atoms with Gasteiger partial charge >= 0.3 is 18.1 Å². The molecule has 0 aliphatic carbocycles. The van der Waals surface area contributed by atoms with E-state index in [1.54, 1.807) is 24.3 Å². The first-order chi connectivity index (χ1) is 11.9. The average molecular weight is 362 g/mol. The van der Waals surface area contributed by atoms with Crippen molar-refractivity contribution >= 4 is 11.9 Å². The Hall–Kier alpha value is -2.09. The lowest BCUT2D eigenvalue weighted by Gasteiger charge is -2.07. The van der Waals surface area contributed by atoms with Gasteiger partial charge in [0, 0.05) is 13.2 Å². The van der Waals surface area contributed by atoms with Crippen LogP contribution in [0.4, 0.5) is 13.2 Å². The Kier molecular flexibility index (Phi) is 9.61. The van der Waals surface area contributed by atoms with E-state index in [4.69, 9.17) is 9.47 Å². The molecule has 0 aliphatic rings. The van der Waals surface area contributed by atoms with Crippen LogP contribution in [0.2, 0.25) is 0 Å². The molecule has 0 saturated carbocycles. The molecule has 25 heavy (non-hydrogen) atoms. The molecule has 0 atom stereocenters. The molecule has 0 spiro atoms.